The summed E-state index contributed by atoms with van der Waals surface area (Å²) in [6.07, 6.45) is 3.06. The summed E-state index contributed by atoms with van der Waals surface area (Å²) in [5.41, 5.74) is 10.3. The molecule has 0 saturated carbocycles. The second kappa shape index (κ2) is 6.32. The van der Waals surface area contributed by atoms with Crippen molar-refractivity contribution in [2.45, 2.75) is 31.8 Å². The molecule has 1 saturated heterocycles. The van der Waals surface area contributed by atoms with Gasteiger partial charge in [-0.2, -0.15) is 0 Å². The van der Waals surface area contributed by atoms with Crippen molar-refractivity contribution < 1.29 is 14.6 Å². The molecule has 1 rings (SSSR count). The molecule has 6 nitrogen and oxygen atoms in total. The fraction of sp³-hybridized carbons (Fsp3) is 0.800. The van der Waals surface area contributed by atoms with E-state index >= 15 is 0 Å². The maximum absolute atomic E-state index is 11.0. The highest BCUT2D eigenvalue weighted by Gasteiger charge is 2.25. The summed E-state index contributed by atoms with van der Waals surface area (Å²) in [5, 5.41) is 9.03. The van der Waals surface area contributed by atoms with Gasteiger partial charge in [-0.15, -0.1) is 0 Å². The van der Waals surface area contributed by atoms with E-state index in [9.17, 15) is 4.79 Å². The average molecular weight is 229 g/mol. The first kappa shape index (κ1) is 12.8. The van der Waals surface area contributed by atoms with Crippen LogP contribution in [0.2, 0.25) is 0 Å². The highest BCUT2D eigenvalue weighted by atomic mass is 16.5. The molecule has 2 atom stereocenters. The molecule has 0 spiro atoms. The number of carbonyl (C=O) groups is 1. The van der Waals surface area contributed by atoms with Crippen molar-refractivity contribution in [3.05, 3.63) is 0 Å². The van der Waals surface area contributed by atoms with Gasteiger partial charge in [0.15, 0.2) is 5.96 Å². The maximum atomic E-state index is 11.0. The second-order valence-electron chi connectivity index (χ2n) is 4.00. The van der Waals surface area contributed by atoms with Gasteiger partial charge in [-0.25, -0.2) is 0 Å². The van der Waals surface area contributed by atoms with E-state index < -0.39 is 11.9 Å². The fourth-order valence-corrected chi connectivity index (χ4v) is 1.84. The van der Waals surface area contributed by atoms with Gasteiger partial charge < -0.3 is 21.3 Å². The Bertz CT molecular complexity index is 258. The lowest BCUT2D eigenvalue weighted by atomic mass is 9.97. The predicted octanol–water partition coefficient (Wildman–Crippen LogP) is -0.0802. The molecule has 0 aromatic heterocycles. The molecule has 1 aliphatic heterocycles. The van der Waals surface area contributed by atoms with E-state index in [0.29, 0.717) is 19.4 Å². The first-order valence-corrected chi connectivity index (χ1v) is 5.49. The van der Waals surface area contributed by atoms with Crippen molar-refractivity contribution in [3.8, 4) is 0 Å². The Morgan fingerprint density at radius 3 is 2.81 bits per heavy atom. The highest BCUT2D eigenvalue weighted by Crippen LogP contribution is 2.22. The minimum Gasteiger partial charge on any atom is -0.481 e. The van der Waals surface area contributed by atoms with Crippen LogP contribution in [0.1, 0.15) is 25.7 Å². The van der Waals surface area contributed by atoms with Gasteiger partial charge in [0.1, 0.15) is 0 Å². The zero-order chi connectivity index (χ0) is 12.0. The smallest absolute Gasteiger partial charge is 0.306 e. The van der Waals surface area contributed by atoms with Gasteiger partial charge in [0.05, 0.1) is 12.0 Å². The number of nitrogens with zero attached hydrogens (tertiary/aromatic N) is 1. The summed E-state index contributed by atoms with van der Waals surface area (Å²) >= 11 is 0. The van der Waals surface area contributed by atoms with Gasteiger partial charge in [-0.05, 0) is 25.7 Å². The minimum atomic E-state index is -0.804. The Kier molecular flexibility index (Phi) is 5.04. The van der Waals surface area contributed by atoms with Crippen LogP contribution >= 0.6 is 0 Å². The number of carboxylic acids is 1. The first-order valence-electron chi connectivity index (χ1n) is 5.49. The molecule has 0 radical (unpaired) electrons. The number of aliphatic carboxylic acids is 1. The van der Waals surface area contributed by atoms with E-state index in [1.165, 1.54) is 0 Å². The van der Waals surface area contributed by atoms with Gasteiger partial charge in [0.2, 0.25) is 0 Å². The van der Waals surface area contributed by atoms with Gasteiger partial charge in [0, 0.05) is 13.2 Å². The van der Waals surface area contributed by atoms with Gasteiger partial charge in [-0.1, -0.05) is 0 Å². The van der Waals surface area contributed by atoms with E-state index in [2.05, 4.69) is 4.99 Å². The Balaban J connectivity index is 2.35. The summed E-state index contributed by atoms with van der Waals surface area (Å²) in [5.74, 6) is -1.23. The third-order valence-corrected chi connectivity index (χ3v) is 2.69. The van der Waals surface area contributed by atoms with Gasteiger partial charge in [-0.3, -0.25) is 9.79 Å². The zero-order valence-electron chi connectivity index (χ0n) is 9.26. The van der Waals surface area contributed by atoms with Crippen molar-refractivity contribution in [2.75, 3.05) is 13.2 Å². The van der Waals surface area contributed by atoms with Crippen LogP contribution in [0.25, 0.3) is 0 Å². The normalized spacial score (nSPS) is 21.6. The Hall–Kier alpha value is -1.30. The molecule has 2 unspecified atom stereocenters. The minimum absolute atomic E-state index is 0.00116. The molecule has 1 aliphatic rings. The molecule has 0 amide bonds. The lowest BCUT2D eigenvalue weighted by Gasteiger charge is -2.15. The van der Waals surface area contributed by atoms with Crippen LogP contribution in [-0.4, -0.2) is 36.3 Å². The van der Waals surface area contributed by atoms with Crippen molar-refractivity contribution in [1.82, 2.24) is 0 Å². The van der Waals surface area contributed by atoms with Crippen molar-refractivity contribution in [1.29, 1.82) is 0 Å². The number of hydrogen-bond donors (Lipinski definition) is 3. The van der Waals surface area contributed by atoms with E-state index in [1.807, 2.05) is 0 Å². The van der Waals surface area contributed by atoms with Crippen LogP contribution in [0.5, 0.6) is 0 Å². The van der Waals surface area contributed by atoms with E-state index in [1.54, 1.807) is 0 Å². The largest absolute Gasteiger partial charge is 0.481 e. The topological polar surface area (TPSA) is 111 Å². The summed E-state index contributed by atoms with van der Waals surface area (Å²) in [7, 11) is 0. The monoisotopic (exact) mass is 229 g/mol. The third-order valence-electron chi connectivity index (χ3n) is 2.69. The summed E-state index contributed by atoms with van der Waals surface area (Å²) < 4.78 is 5.41. The Morgan fingerprint density at radius 2 is 2.31 bits per heavy atom. The Labute approximate surface area is 94.7 Å². The van der Waals surface area contributed by atoms with Crippen LogP contribution in [-0.2, 0) is 9.53 Å². The summed E-state index contributed by atoms with van der Waals surface area (Å²) in [4.78, 5) is 14.8. The van der Waals surface area contributed by atoms with Crippen LogP contribution < -0.4 is 11.5 Å². The van der Waals surface area contributed by atoms with Crippen LogP contribution in [0.3, 0.4) is 0 Å². The summed E-state index contributed by atoms with van der Waals surface area (Å²) in [6, 6.07) is 0. The number of aliphatic imine (C=N–C) groups is 1. The standard InChI is InChI=1S/C10H19N3O3/c11-10(12)13-4-3-7(9(14)15)6-8-2-1-5-16-8/h7-8H,1-6H2,(H,14,15)(H4,11,12,13). The molecular formula is C10H19N3O3. The quantitative estimate of drug-likeness (QED) is 0.435. The number of hydrogen-bond acceptors (Lipinski definition) is 3. The van der Waals surface area contributed by atoms with Crippen molar-refractivity contribution in [2.24, 2.45) is 22.4 Å². The molecule has 92 valence electrons. The number of ether oxygens (including phenoxy) is 1. The average Bonchev–Trinajstić information content (AvgIpc) is 2.68. The Morgan fingerprint density at radius 1 is 1.56 bits per heavy atom. The zero-order valence-corrected chi connectivity index (χ0v) is 9.26. The molecule has 1 fully saturated rings. The fourth-order valence-electron chi connectivity index (χ4n) is 1.84. The molecule has 0 aromatic carbocycles. The summed E-state index contributed by atoms with van der Waals surface area (Å²) in [6.45, 7) is 1.09. The van der Waals surface area contributed by atoms with Crippen LogP contribution in [0.4, 0.5) is 0 Å². The molecule has 0 aromatic rings. The van der Waals surface area contributed by atoms with Gasteiger partial charge in [0.25, 0.3) is 0 Å². The number of carboxylic acid groups (broad SMARTS) is 1. The molecular weight excluding hydrogens is 210 g/mol. The van der Waals surface area contributed by atoms with Crippen LogP contribution in [0.15, 0.2) is 4.99 Å². The van der Waals surface area contributed by atoms with Crippen molar-refractivity contribution >= 4 is 11.9 Å². The number of nitrogens with two attached hydrogens (primary N) is 2. The number of guanidine groups is 1. The van der Waals surface area contributed by atoms with Crippen molar-refractivity contribution in [3.63, 3.8) is 0 Å². The first-order chi connectivity index (χ1) is 7.59. The third kappa shape index (κ3) is 4.48. The van der Waals surface area contributed by atoms with Gasteiger partial charge >= 0.3 is 5.97 Å². The molecule has 0 aliphatic carbocycles. The molecule has 0 bridgehead atoms. The maximum Gasteiger partial charge on any atom is 0.306 e. The highest BCUT2D eigenvalue weighted by molar-refractivity contribution is 5.75. The van der Waals surface area contributed by atoms with E-state index in [-0.39, 0.29) is 12.1 Å². The molecule has 1 heterocycles. The second-order valence-corrected chi connectivity index (χ2v) is 4.00. The van der Waals surface area contributed by atoms with E-state index in [4.69, 9.17) is 21.3 Å². The molecule has 6 heteroatoms. The van der Waals surface area contributed by atoms with Crippen LogP contribution in [0, 0.1) is 5.92 Å². The van der Waals surface area contributed by atoms with E-state index in [0.717, 1.165) is 19.4 Å². The lowest BCUT2D eigenvalue weighted by molar-refractivity contribution is -0.143. The predicted molar refractivity (Wildman–Crippen MR) is 60.0 cm³/mol. The lowest BCUT2D eigenvalue weighted by Crippen LogP contribution is -2.25. The number of rotatable bonds is 6. The molecule has 16 heavy (non-hydrogen) atoms. The molecule has 5 N–H and O–H groups in total. The SMILES string of the molecule is NC(N)=NCCC(CC1CCCO1)C(=O)O.